The molecule has 2 N–H and O–H groups in total. The molecule has 0 saturated carbocycles. The standard InChI is InChI=1S/C18H24N6O/c1-13-15(9-19)7-16(23-13)10-24(2)5-4-20-18-8-17(21-12-22-18)14-3-6-25-11-14/h7-8,12,14,23H,3-6,10-11H2,1-2H3,(H,20,21,22)/t14-/m1/s1. The fourth-order valence-corrected chi connectivity index (χ4v) is 3.03. The van der Waals surface area contributed by atoms with Crippen molar-refractivity contribution in [2.24, 2.45) is 0 Å². The van der Waals surface area contributed by atoms with Crippen LogP contribution >= 0.6 is 0 Å². The number of likely N-dealkylation sites (N-methyl/N-ethyl adjacent to an activating group) is 1. The molecule has 1 atom stereocenters. The minimum absolute atomic E-state index is 0.386. The number of ether oxygens (including phenoxy) is 1. The summed E-state index contributed by atoms with van der Waals surface area (Å²) in [6, 6.07) is 6.13. The van der Waals surface area contributed by atoms with Crippen LogP contribution in [-0.4, -0.2) is 53.2 Å². The van der Waals surface area contributed by atoms with Crippen LogP contribution in [0.2, 0.25) is 0 Å². The van der Waals surface area contributed by atoms with Crippen LogP contribution in [0, 0.1) is 18.3 Å². The minimum atomic E-state index is 0.386. The number of hydrogen-bond acceptors (Lipinski definition) is 6. The van der Waals surface area contributed by atoms with Crippen molar-refractivity contribution < 1.29 is 4.74 Å². The summed E-state index contributed by atoms with van der Waals surface area (Å²) in [5.41, 5.74) is 3.75. The lowest BCUT2D eigenvalue weighted by Gasteiger charge is -2.16. The van der Waals surface area contributed by atoms with Gasteiger partial charge in [-0.15, -0.1) is 0 Å². The van der Waals surface area contributed by atoms with Crippen LogP contribution in [0.4, 0.5) is 5.82 Å². The molecule has 7 heteroatoms. The summed E-state index contributed by atoms with van der Waals surface area (Å²) in [6.07, 6.45) is 2.64. The van der Waals surface area contributed by atoms with Crippen molar-refractivity contribution in [3.63, 3.8) is 0 Å². The molecule has 0 amide bonds. The molecule has 2 aromatic heterocycles. The van der Waals surface area contributed by atoms with Gasteiger partial charge in [-0.1, -0.05) is 0 Å². The van der Waals surface area contributed by atoms with Crippen molar-refractivity contribution in [1.82, 2.24) is 19.9 Å². The number of aromatic amines is 1. The maximum Gasteiger partial charge on any atom is 0.129 e. The van der Waals surface area contributed by atoms with E-state index < -0.39 is 0 Å². The van der Waals surface area contributed by atoms with Crippen molar-refractivity contribution in [3.8, 4) is 6.07 Å². The fourth-order valence-electron chi connectivity index (χ4n) is 3.03. The van der Waals surface area contributed by atoms with Crippen LogP contribution in [0.1, 0.15) is 35.0 Å². The highest BCUT2D eigenvalue weighted by Crippen LogP contribution is 2.24. The number of rotatable bonds is 7. The molecule has 1 aliphatic rings. The number of nitrogens with one attached hydrogen (secondary N) is 2. The Labute approximate surface area is 148 Å². The van der Waals surface area contributed by atoms with Gasteiger partial charge in [-0.25, -0.2) is 9.97 Å². The molecule has 3 rings (SSSR count). The molecule has 1 saturated heterocycles. The van der Waals surface area contributed by atoms with E-state index in [2.05, 4.69) is 38.3 Å². The summed E-state index contributed by atoms with van der Waals surface area (Å²) in [7, 11) is 2.06. The first kappa shape index (κ1) is 17.4. The minimum Gasteiger partial charge on any atom is -0.381 e. The van der Waals surface area contributed by atoms with Gasteiger partial charge in [0.15, 0.2) is 0 Å². The van der Waals surface area contributed by atoms with Gasteiger partial charge in [0.05, 0.1) is 17.9 Å². The number of hydrogen-bond donors (Lipinski definition) is 2. The summed E-state index contributed by atoms with van der Waals surface area (Å²) >= 11 is 0. The lowest BCUT2D eigenvalue weighted by atomic mass is 10.1. The molecule has 0 spiro atoms. The average molecular weight is 340 g/mol. The maximum absolute atomic E-state index is 9.02. The zero-order valence-electron chi connectivity index (χ0n) is 14.7. The summed E-state index contributed by atoms with van der Waals surface area (Å²) in [5, 5.41) is 12.4. The van der Waals surface area contributed by atoms with E-state index in [1.54, 1.807) is 6.33 Å². The van der Waals surface area contributed by atoms with Crippen molar-refractivity contribution in [3.05, 3.63) is 41.1 Å². The fraction of sp³-hybridized carbons (Fsp3) is 0.500. The SMILES string of the molecule is Cc1[nH]c(CN(C)CCNc2cc([C@@H]3CCOC3)ncn2)cc1C#N. The van der Waals surface area contributed by atoms with E-state index >= 15 is 0 Å². The molecule has 2 aromatic rings. The Bertz CT molecular complexity index is 744. The number of nitrogens with zero attached hydrogens (tertiary/aromatic N) is 4. The molecule has 0 aromatic carbocycles. The summed E-state index contributed by atoms with van der Waals surface area (Å²) in [6.45, 7) is 5.92. The molecule has 0 radical (unpaired) electrons. The zero-order valence-corrected chi connectivity index (χ0v) is 14.7. The van der Waals surface area contributed by atoms with Crippen LogP contribution in [0.5, 0.6) is 0 Å². The molecule has 0 bridgehead atoms. The number of anilines is 1. The van der Waals surface area contributed by atoms with E-state index in [9.17, 15) is 0 Å². The molecule has 0 aliphatic carbocycles. The second-order valence-corrected chi connectivity index (χ2v) is 6.50. The van der Waals surface area contributed by atoms with Gasteiger partial charge in [0.2, 0.25) is 0 Å². The molecule has 1 aliphatic heterocycles. The average Bonchev–Trinajstić information content (AvgIpc) is 3.25. The van der Waals surface area contributed by atoms with Crippen molar-refractivity contribution in [1.29, 1.82) is 5.26 Å². The van der Waals surface area contributed by atoms with E-state index in [0.717, 1.165) is 62.2 Å². The second-order valence-electron chi connectivity index (χ2n) is 6.50. The Balaban J connectivity index is 1.47. The number of nitriles is 1. The third kappa shape index (κ3) is 4.56. The Morgan fingerprint density at radius 2 is 2.32 bits per heavy atom. The van der Waals surface area contributed by atoms with E-state index in [1.165, 1.54) is 0 Å². The van der Waals surface area contributed by atoms with Gasteiger partial charge in [0.1, 0.15) is 18.2 Å². The quantitative estimate of drug-likeness (QED) is 0.801. The first-order valence-electron chi connectivity index (χ1n) is 8.56. The van der Waals surface area contributed by atoms with Gasteiger partial charge in [-0.05, 0) is 26.5 Å². The highest BCUT2D eigenvalue weighted by Gasteiger charge is 2.19. The second kappa shape index (κ2) is 8.10. The van der Waals surface area contributed by atoms with Crippen molar-refractivity contribution in [2.75, 3.05) is 38.7 Å². The van der Waals surface area contributed by atoms with Gasteiger partial charge in [-0.3, -0.25) is 4.90 Å². The molecular weight excluding hydrogens is 316 g/mol. The number of aryl methyl sites for hydroxylation is 1. The smallest absolute Gasteiger partial charge is 0.129 e. The van der Waals surface area contributed by atoms with E-state index in [1.807, 2.05) is 19.1 Å². The number of aromatic nitrogens is 3. The van der Waals surface area contributed by atoms with Crippen molar-refractivity contribution in [2.45, 2.75) is 25.8 Å². The molecule has 132 valence electrons. The topological polar surface area (TPSA) is 89.9 Å². The molecular formula is C18H24N6O. The largest absolute Gasteiger partial charge is 0.381 e. The highest BCUT2D eigenvalue weighted by atomic mass is 16.5. The molecule has 0 unspecified atom stereocenters. The zero-order chi connectivity index (χ0) is 17.6. The summed E-state index contributed by atoms with van der Waals surface area (Å²) in [4.78, 5) is 14.1. The Morgan fingerprint density at radius 3 is 3.04 bits per heavy atom. The highest BCUT2D eigenvalue weighted by molar-refractivity contribution is 5.36. The third-order valence-corrected chi connectivity index (χ3v) is 4.47. The van der Waals surface area contributed by atoms with Crippen LogP contribution in [0.15, 0.2) is 18.5 Å². The van der Waals surface area contributed by atoms with Crippen LogP contribution in [0.3, 0.4) is 0 Å². The van der Waals surface area contributed by atoms with Gasteiger partial charge in [0.25, 0.3) is 0 Å². The monoisotopic (exact) mass is 340 g/mol. The van der Waals surface area contributed by atoms with Gasteiger partial charge < -0.3 is 15.0 Å². The Hall–Kier alpha value is -2.43. The molecule has 25 heavy (non-hydrogen) atoms. The Kier molecular flexibility index (Phi) is 5.64. The van der Waals surface area contributed by atoms with Crippen LogP contribution < -0.4 is 5.32 Å². The van der Waals surface area contributed by atoms with Gasteiger partial charge in [-0.2, -0.15) is 5.26 Å². The normalized spacial score (nSPS) is 17.0. The van der Waals surface area contributed by atoms with Crippen LogP contribution in [-0.2, 0) is 11.3 Å². The van der Waals surface area contributed by atoms with Gasteiger partial charge in [0, 0.05) is 49.6 Å². The van der Waals surface area contributed by atoms with E-state index in [-0.39, 0.29) is 0 Å². The Morgan fingerprint density at radius 1 is 1.44 bits per heavy atom. The third-order valence-electron chi connectivity index (χ3n) is 4.47. The predicted octanol–water partition coefficient (Wildman–Crippen LogP) is 2.03. The lowest BCUT2D eigenvalue weighted by Crippen LogP contribution is -2.25. The predicted molar refractivity (Wildman–Crippen MR) is 95.3 cm³/mol. The van der Waals surface area contributed by atoms with Gasteiger partial charge >= 0.3 is 0 Å². The summed E-state index contributed by atoms with van der Waals surface area (Å²) < 4.78 is 5.43. The maximum atomic E-state index is 9.02. The van der Waals surface area contributed by atoms with E-state index in [4.69, 9.17) is 10.00 Å². The first-order valence-corrected chi connectivity index (χ1v) is 8.56. The number of H-pyrrole nitrogens is 1. The molecule has 3 heterocycles. The van der Waals surface area contributed by atoms with Crippen molar-refractivity contribution >= 4 is 5.82 Å². The van der Waals surface area contributed by atoms with E-state index in [0.29, 0.717) is 11.5 Å². The molecule has 1 fully saturated rings. The van der Waals surface area contributed by atoms with Crippen LogP contribution in [0.25, 0.3) is 0 Å². The lowest BCUT2D eigenvalue weighted by molar-refractivity contribution is 0.193. The molecule has 7 nitrogen and oxygen atoms in total. The first-order chi connectivity index (χ1) is 12.2. The summed E-state index contributed by atoms with van der Waals surface area (Å²) in [5.74, 6) is 1.24.